The third-order valence-corrected chi connectivity index (χ3v) is 0.688. The highest BCUT2D eigenvalue weighted by Crippen LogP contribution is 1.70. The number of carbonyl (C=O) groups is 1. The first-order valence-electron chi connectivity index (χ1n) is 3.20. The predicted molar refractivity (Wildman–Crippen MR) is 40.3 cm³/mol. The van der Waals surface area contributed by atoms with Gasteiger partial charge < -0.3 is 20.7 Å². The molecule has 4 N–H and O–H groups in total. The van der Waals surface area contributed by atoms with E-state index in [4.69, 9.17) is 25.5 Å². The highest BCUT2D eigenvalue weighted by Gasteiger charge is 1.82. The summed E-state index contributed by atoms with van der Waals surface area (Å²) in [5.41, 5.74) is 5.13. The van der Waals surface area contributed by atoms with Gasteiger partial charge in [0.05, 0.1) is 0 Å². The van der Waals surface area contributed by atoms with E-state index in [0.29, 0.717) is 0 Å². The fraction of sp³-hybridized carbons (Fsp3) is 0.833. The summed E-state index contributed by atoms with van der Waals surface area (Å²) in [6.45, 7) is 0.740. The molecule has 0 unspecified atom stereocenters. The Morgan fingerprint density at radius 3 is 2.18 bits per heavy atom. The van der Waals surface area contributed by atoms with Crippen molar-refractivity contribution in [3.05, 3.63) is 0 Å². The number of carboxylic acids is 1. The zero-order chi connectivity index (χ0) is 9.11. The minimum atomic E-state index is -1.19. The number of methoxy groups -OCH3 is 1. The highest BCUT2D eigenvalue weighted by atomic mass is 16.5. The van der Waals surface area contributed by atoms with E-state index < -0.39 is 12.6 Å². The van der Waals surface area contributed by atoms with Gasteiger partial charge in [-0.15, -0.1) is 0 Å². The molecule has 0 atom stereocenters. The van der Waals surface area contributed by atoms with Crippen molar-refractivity contribution in [2.75, 3.05) is 26.9 Å². The van der Waals surface area contributed by atoms with Gasteiger partial charge in [0.2, 0.25) is 0 Å². The van der Waals surface area contributed by atoms with Crippen LogP contribution in [-0.4, -0.2) is 43.1 Å². The second kappa shape index (κ2) is 12.1. The summed E-state index contributed by atoms with van der Waals surface area (Å²) in [5.74, 6) is -1.19. The zero-order valence-electron chi connectivity index (χ0n) is 6.62. The van der Waals surface area contributed by atoms with Gasteiger partial charge in [-0.1, -0.05) is 0 Å². The van der Waals surface area contributed by atoms with Crippen molar-refractivity contribution in [1.29, 1.82) is 0 Å². The molecule has 0 aromatic heterocycles. The Morgan fingerprint density at radius 1 is 1.64 bits per heavy atom. The molecule has 0 bridgehead atoms. The molecule has 0 spiro atoms. The molecule has 0 radical (unpaired) electrons. The summed E-state index contributed by atoms with van der Waals surface area (Å²) in [6, 6.07) is 0. The fourth-order valence-electron chi connectivity index (χ4n) is 0.228. The molecule has 0 aromatic rings. The molecule has 68 valence electrons. The van der Waals surface area contributed by atoms with E-state index in [0.717, 1.165) is 19.6 Å². The standard InChI is InChI=1S/C4H11NO.C2H4O3/c1-6-4-2-3-5;3-1-2(4)5/h2-5H2,1H3;3H,1H2,(H,4,5). The lowest BCUT2D eigenvalue weighted by Crippen LogP contribution is -2.01. The van der Waals surface area contributed by atoms with Crippen molar-refractivity contribution in [3.63, 3.8) is 0 Å². The molecular formula is C6H15NO4. The molecule has 0 heterocycles. The topological polar surface area (TPSA) is 92.8 Å². The Kier molecular flexibility index (Phi) is 14.2. The SMILES string of the molecule is COCCCN.O=C(O)CO. The summed E-state index contributed by atoms with van der Waals surface area (Å²) in [6.07, 6.45) is 0.969. The highest BCUT2D eigenvalue weighted by molar-refractivity contribution is 5.67. The van der Waals surface area contributed by atoms with E-state index in [1.807, 2.05) is 0 Å². The van der Waals surface area contributed by atoms with Gasteiger partial charge in [-0.25, -0.2) is 4.79 Å². The van der Waals surface area contributed by atoms with Crippen LogP contribution in [-0.2, 0) is 9.53 Å². The first kappa shape index (κ1) is 13.0. The van der Waals surface area contributed by atoms with Crippen LogP contribution in [0, 0.1) is 0 Å². The average Bonchev–Trinajstić information content (AvgIpc) is 2.02. The van der Waals surface area contributed by atoms with Gasteiger partial charge in [0, 0.05) is 13.7 Å². The number of nitrogens with two attached hydrogens (primary N) is 1. The quantitative estimate of drug-likeness (QED) is 0.467. The van der Waals surface area contributed by atoms with Gasteiger partial charge in [-0.3, -0.25) is 0 Å². The minimum Gasteiger partial charge on any atom is -0.480 e. The van der Waals surface area contributed by atoms with E-state index in [1.54, 1.807) is 7.11 Å². The fourth-order valence-corrected chi connectivity index (χ4v) is 0.228. The van der Waals surface area contributed by atoms with Crippen LogP contribution in [0.3, 0.4) is 0 Å². The lowest BCUT2D eigenvalue weighted by Gasteiger charge is -1.89. The maximum atomic E-state index is 9.12. The first-order chi connectivity index (χ1) is 5.18. The van der Waals surface area contributed by atoms with Crippen LogP contribution < -0.4 is 5.73 Å². The Hall–Kier alpha value is -0.650. The number of carboxylic acid groups (broad SMARTS) is 1. The molecule has 0 saturated carbocycles. The monoisotopic (exact) mass is 165 g/mol. The maximum absolute atomic E-state index is 9.12. The number of hydrogen-bond donors (Lipinski definition) is 3. The molecule has 0 rings (SSSR count). The van der Waals surface area contributed by atoms with Gasteiger partial charge in [0.1, 0.15) is 6.61 Å². The molecule has 11 heavy (non-hydrogen) atoms. The molecule has 5 nitrogen and oxygen atoms in total. The van der Waals surface area contributed by atoms with Crippen LogP contribution in [0.25, 0.3) is 0 Å². The smallest absolute Gasteiger partial charge is 0.329 e. The molecule has 0 saturated heterocycles. The van der Waals surface area contributed by atoms with Crippen molar-refractivity contribution in [1.82, 2.24) is 0 Å². The Morgan fingerprint density at radius 2 is 2.09 bits per heavy atom. The third-order valence-electron chi connectivity index (χ3n) is 0.688. The zero-order valence-corrected chi connectivity index (χ0v) is 6.62. The Balaban J connectivity index is 0. The van der Waals surface area contributed by atoms with Crippen LogP contribution in [0.4, 0.5) is 0 Å². The average molecular weight is 165 g/mol. The van der Waals surface area contributed by atoms with Crippen LogP contribution in [0.2, 0.25) is 0 Å². The van der Waals surface area contributed by atoms with Crippen LogP contribution >= 0.6 is 0 Å². The van der Waals surface area contributed by atoms with Crippen molar-refractivity contribution >= 4 is 5.97 Å². The number of hydrogen-bond acceptors (Lipinski definition) is 4. The Labute approximate surface area is 65.8 Å². The van der Waals surface area contributed by atoms with Gasteiger partial charge in [-0.05, 0) is 13.0 Å². The van der Waals surface area contributed by atoms with Gasteiger partial charge in [0.25, 0.3) is 0 Å². The maximum Gasteiger partial charge on any atom is 0.329 e. The number of aliphatic carboxylic acids is 1. The molecule has 0 amide bonds. The minimum absolute atomic E-state index is 0.730. The molecule has 0 aromatic carbocycles. The third kappa shape index (κ3) is 26.7. The van der Waals surface area contributed by atoms with Crippen molar-refractivity contribution in [2.24, 2.45) is 5.73 Å². The summed E-state index contributed by atoms with van der Waals surface area (Å²) >= 11 is 0. The van der Waals surface area contributed by atoms with Gasteiger partial charge in [-0.2, -0.15) is 0 Å². The molecule has 0 aliphatic rings. The van der Waals surface area contributed by atoms with Crippen molar-refractivity contribution < 1.29 is 19.7 Å². The number of ether oxygens (including phenoxy) is 1. The van der Waals surface area contributed by atoms with Crippen LogP contribution in [0.15, 0.2) is 0 Å². The normalized spacial score (nSPS) is 8.27. The van der Waals surface area contributed by atoms with E-state index in [-0.39, 0.29) is 0 Å². The van der Waals surface area contributed by atoms with E-state index >= 15 is 0 Å². The molecule has 5 heteroatoms. The van der Waals surface area contributed by atoms with E-state index in [9.17, 15) is 0 Å². The largest absolute Gasteiger partial charge is 0.480 e. The number of aliphatic hydroxyl groups is 1. The van der Waals surface area contributed by atoms with E-state index in [2.05, 4.69) is 0 Å². The lowest BCUT2D eigenvalue weighted by molar-refractivity contribution is -0.140. The Bertz CT molecular complexity index is 82.7. The predicted octanol–water partition coefficient (Wildman–Crippen LogP) is -0.955. The lowest BCUT2D eigenvalue weighted by atomic mass is 10.5. The summed E-state index contributed by atoms with van der Waals surface area (Å²) in [5, 5.41) is 15.0. The summed E-state index contributed by atoms with van der Waals surface area (Å²) in [7, 11) is 1.68. The molecule has 0 fully saturated rings. The van der Waals surface area contributed by atoms with Gasteiger partial charge >= 0.3 is 5.97 Å². The number of rotatable bonds is 4. The first-order valence-corrected chi connectivity index (χ1v) is 3.20. The molecular weight excluding hydrogens is 150 g/mol. The number of aliphatic hydroxyl groups excluding tert-OH is 1. The van der Waals surface area contributed by atoms with Gasteiger partial charge in [0.15, 0.2) is 0 Å². The summed E-state index contributed by atoms with van der Waals surface area (Å²) < 4.78 is 4.70. The second-order valence-corrected chi connectivity index (χ2v) is 1.69. The second-order valence-electron chi connectivity index (χ2n) is 1.69. The van der Waals surface area contributed by atoms with Crippen LogP contribution in [0.5, 0.6) is 0 Å². The van der Waals surface area contributed by atoms with Crippen molar-refractivity contribution in [2.45, 2.75) is 6.42 Å². The summed E-state index contributed by atoms with van der Waals surface area (Å²) in [4.78, 5) is 9.12. The van der Waals surface area contributed by atoms with Crippen molar-refractivity contribution in [3.8, 4) is 0 Å². The van der Waals surface area contributed by atoms with Crippen LogP contribution in [0.1, 0.15) is 6.42 Å². The molecule has 0 aliphatic heterocycles. The van der Waals surface area contributed by atoms with E-state index in [1.165, 1.54) is 0 Å². The molecule has 0 aliphatic carbocycles.